The first-order valence-electron chi connectivity index (χ1n) is 9.13. The van der Waals surface area contributed by atoms with Crippen LogP contribution in [-0.4, -0.2) is 34.3 Å². The highest BCUT2D eigenvalue weighted by molar-refractivity contribution is 5.90. The van der Waals surface area contributed by atoms with Gasteiger partial charge in [0.1, 0.15) is 11.6 Å². The number of pyridine rings is 1. The van der Waals surface area contributed by atoms with Gasteiger partial charge in [-0.05, 0) is 42.3 Å². The summed E-state index contributed by atoms with van der Waals surface area (Å²) in [4.78, 5) is 16.2. The Balaban J connectivity index is 1.39. The predicted molar refractivity (Wildman–Crippen MR) is 111 cm³/mol. The molecule has 8 nitrogen and oxygen atoms in total. The summed E-state index contributed by atoms with van der Waals surface area (Å²) in [5, 5.41) is 20.1. The average molecular weight is 377 g/mol. The van der Waals surface area contributed by atoms with Crippen LogP contribution < -0.4 is 21.3 Å². The number of carbonyl (C=O) groups excluding carboxylic acids is 1. The van der Waals surface area contributed by atoms with E-state index in [1.54, 1.807) is 6.20 Å². The summed E-state index contributed by atoms with van der Waals surface area (Å²) in [6.45, 7) is 3.04. The van der Waals surface area contributed by atoms with Crippen LogP contribution in [0.25, 0.3) is 0 Å². The lowest BCUT2D eigenvalue weighted by molar-refractivity contribution is 0.252. The van der Waals surface area contributed by atoms with Crippen LogP contribution in [0.3, 0.4) is 0 Å². The second-order valence-corrected chi connectivity index (χ2v) is 5.96. The molecule has 3 rings (SSSR count). The van der Waals surface area contributed by atoms with Crippen molar-refractivity contribution in [3.63, 3.8) is 0 Å². The SMILES string of the molecule is CCc1ccccc1NC(=O)NCCNc1ccc(Nc2ccccn2)nn1. The molecule has 2 amide bonds. The number of anilines is 4. The first-order chi connectivity index (χ1) is 13.7. The standard InChI is InChI=1S/C20H23N7O/c1-2-15-7-3-4-8-16(15)24-20(28)23-14-13-22-18-10-11-19(27-26-18)25-17-9-5-6-12-21-17/h3-12H,2,13-14H2,1H3,(H,22,26)(H,21,25,27)(H2,23,24,28). The Morgan fingerprint density at radius 3 is 2.43 bits per heavy atom. The molecule has 0 radical (unpaired) electrons. The maximum absolute atomic E-state index is 12.0. The third-order valence-corrected chi connectivity index (χ3v) is 3.95. The normalized spacial score (nSPS) is 10.2. The lowest BCUT2D eigenvalue weighted by Gasteiger charge is -2.11. The zero-order chi connectivity index (χ0) is 19.6. The molecule has 0 saturated carbocycles. The molecule has 0 fully saturated rings. The van der Waals surface area contributed by atoms with Gasteiger partial charge < -0.3 is 21.3 Å². The van der Waals surface area contributed by atoms with Crippen molar-refractivity contribution in [1.29, 1.82) is 0 Å². The number of nitrogens with zero attached hydrogens (tertiary/aromatic N) is 3. The van der Waals surface area contributed by atoms with E-state index < -0.39 is 0 Å². The van der Waals surface area contributed by atoms with Crippen molar-refractivity contribution in [3.05, 3.63) is 66.4 Å². The van der Waals surface area contributed by atoms with Gasteiger partial charge in [0.15, 0.2) is 5.82 Å². The van der Waals surface area contributed by atoms with Gasteiger partial charge in [0, 0.05) is 25.0 Å². The first kappa shape index (κ1) is 19.1. The molecule has 144 valence electrons. The lowest BCUT2D eigenvalue weighted by atomic mass is 10.1. The van der Waals surface area contributed by atoms with Gasteiger partial charge in [0.05, 0.1) is 0 Å². The van der Waals surface area contributed by atoms with Gasteiger partial charge in [-0.3, -0.25) is 0 Å². The summed E-state index contributed by atoms with van der Waals surface area (Å²) in [5.41, 5.74) is 1.93. The summed E-state index contributed by atoms with van der Waals surface area (Å²) in [6.07, 6.45) is 2.57. The van der Waals surface area contributed by atoms with Crippen molar-refractivity contribution in [2.24, 2.45) is 0 Å². The molecular weight excluding hydrogens is 354 g/mol. The monoisotopic (exact) mass is 377 g/mol. The van der Waals surface area contributed by atoms with Crippen LogP contribution in [-0.2, 0) is 6.42 Å². The molecule has 0 spiro atoms. The predicted octanol–water partition coefficient (Wildman–Crippen LogP) is 3.41. The largest absolute Gasteiger partial charge is 0.367 e. The Morgan fingerprint density at radius 2 is 1.68 bits per heavy atom. The molecule has 0 bridgehead atoms. The van der Waals surface area contributed by atoms with Gasteiger partial charge >= 0.3 is 6.03 Å². The van der Waals surface area contributed by atoms with Crippen LogP contribution in [0.5, 0.6) is 0 Å². The highest BCUT2D eigenvalue weighted by Gasteiger charge is 2.04. The van der Waals surface area contributed by atoms with E-state index in [-0.39, 0.29) is 6.03 Å². The fraction of sp³-hybridized carbons (Fsp3) is 0.200. The van der Waals surface area contributed by atoms with E-state index in [0.29, 0.717) is 30.5 Å². The zero-order valence-corrected chi connectivity index (χ0v) is 15.6. The number of amides is 2. The van der Waals surface area contributed by atoms with E-state index >= 15 is 0 Å². The molecule has 3 aromatic rings. The van der Waals surface area contributed by atoms with Crippen LogP contribution >= 0.6 is 0 Å². The van der Waals surface area contributed by atoms with Gasteiger partial charge in [-0.1, -0.05) is 31.2 Å². The van der Waals surface area contributed by atoms with E-state index in [4.69, 9.17) is 0 Å². The van der Waals surface area contributed by atoms with Gasteiger partial charge in [0.25, 0.3) is 0 Å². The van der Waals surface area contributed by atoms with E-state index in [2.05, 4.69) is 43.4 Å². The maximum atomic E-state index is 12.0. The van der Waals surface area contributed by atoms with E-state index in [9.17, 15) is 4.79 Å². The number of aryl methyl sites for hydroxylation is 1. The topological polar surface area (TPSA) is 104 Å². The molecule has 0 aliphatic heterocycles. The Hall–Kier alpha value is -3.68. The van der Waals surface area contributed by atoms with E-state index in [0.717, 1.165) is 17.7 Å². The Morgan fingerprint density at radius 1 is 0.893 bits per heavy atom. The molecule has 0 saturated heterocycles. The molecular formula is C20H23N7O. The van der Waals surface area contributed by atoms with Crippen LogP contribution in [0, 0.1) is 0 Å². The summed E-state index contributed by atoms with van der Waals surface area (Å²) in [6, 6.07) is 16.7. The average Bonchev–Trinajstić information content (AvgIpc) is 2.73. The maximum Gasteiger partial charge on any atom is 0.319 e. The van der Waals surface area contributed by atoms with Crippen LogP contribution in [0.15, 0.2) is 60.8 Å². The highest BCUT2D eigenvalue weighted by atomic mass is 16.2. The van der Waals surface area contributed by atoms with Crippen LogP contribution in [0.4, 0.5) is 27.9 Å². The molecule has 28 heavy (non-hydrogen) atoms. The summed E-state index contributed by atoms with van der Waals surface area (Å²) in [5.74, 6) is 1.94. The zero-order valence-electron chi connectivity index (χ0n) is 15.6. The Kier molecular flexibility index (Phi) is 6.73. The number of benzene rings is 1. The second kappa shape index (κ2) is 9.86. The quantitative estimate of drug-likeness (QED) is 0.449. The van der Waals surface area contributed by atoms with Crippen LogP contribution in [0.2, 0.25) is 0 Å². The minimum absolute atomic E-state index is 0.233. The van der Waals surface area contributed by atoms with Gasteiger partial charge in [-0.15, -0.1) is 10.2 Å². The van der Waals surface area contributed by atoms with Crippen molar-refractivity contribution >= 4 is 29.2 Å². The number of hydrogen-bond donors (Lipinski definition) is 4. The van der Waals surface area contributed by atoms with E-state index in [1.165, 1.54) is 0 Å². The van der Waals surface area contributed by atoms with Crippen molar-refractivity contribution in [2.45, 2.75) is 13.3 Å². The minimum Gasteiger partial charge on any atom is -0.367 e. The third kappa shape index (κ3) is 5.66. The molecule has 0 aliphatic rings. The van der Waals surface area contributed by atoms with Crippen molar-refractivity contribution in [3.8, 4) is 0 Å². The second-order valence-electron chi connectivity index (χ2n) is 5.96. The smallest absolute Gasteiger partial charge is 0.319 e. The molecule has 0 aliphatic carbocycles. The number of urea groups is 1. The fourth-order valence-corrected chi connectivity index (χ4v) is 2.54. The summed E-state index contributed by atoms with van der Waals surface area (Å²) >= 11 is 0. The molecule has 0 unspecified atom stereocenters. The molecule has 4 N–H and O–H groups in total. The Labute approximate surface area is 163 Å². The van der Waals surface area contributed by atoms with E-state index in [1.807, 2.05) is 54.6 Å². The molecule has 1 aromatic carbocycles. The number of para-hydroxylation sites is 1. The minimum atomic E-state index is -0.233. The number of hydrogen-bond acceptors (Lipinski definition) is 6. The molecule has 0 atom stereocenters. The third-order valence-electron chi connectivity index (χ3n) is 3.95. The lowest BCUT2D eigenvalue weighted by Crippen LogP contribution is -2.33. The fourth-order valence-electron chi connectivity index (χ4n) is 2.54. The summed E-state index contributed by atoms with van der Waals surface area (Å²) in [7, 11) is 0. The number of rotatable bonds is 8. The van der Waals surface area contributed by atoms with Gasteiger partial charge in [0.2, 0.25) is 0 Å². The molecule has 8 heteroatoms. The highest BCUT2D eigenvalue weighted by Crippen LogP contribution is 2.15. The van der Waals surface area contributed by atoms with Gasteiger partial charge in [-0.25, -0.2) is 9.78 Å². The summed E-state index contributed by atoms with van der Waals surface area (Å²) < 4.78 is 0. The van der Waals surface area contributed by atoms with Crippen molar-refractivity contribution in [1.82, 2.24) is 20.5 Å². The first-order valence-corrected chi connectivity index (χ1v) is 9.13. The van der Waals surface area contributed by atoms with Crippen LogP contribution in [0.1, 0.15) is 12.5 Å². The number of carbonyl (C=O) groups is 1. The molecule has 2 aromatic heterocycles. The van der Waals surface area contributed by atoms with Gasteiger partial charge in [-0.2, -0.15) is 0 Å². The molecule has 2 heterocycles. The number of aromatic nitrogens is 3. The van der Waals surface area contributed by atoms with Crippen molar-refractivity contribution < 1.29 is 4.79 Å². The Bertz CT molecular complexity index is 885. The number of nitrogens with one attached hydrogen (secondary N) is 4. The van der Waals surface area contributed by atoms with Crippen molar-refractivity contribution in [2.75, 3.05) is 29.0 Å².